The van der Waals surface area contributed by atoms with E-state index in [9.17, 15) is 4.79 Å². The molecule has 0 bridgehead atoms. The van der Waals surface area contributed by atoms with E-state index in [4.69, 9.17) is 9.26 Å². The van der Waals surface area contributed by atoms with Crippen LogP contribution in [0.5, 0.6) is 0 Å². The normalized spacial score (nSPS) is 30.1. The van der Waals surface area contributed by atoms with Gasteiger partial charge in [-0.25, -0.2) is 4.98 Å². The maximum atomic E-state index is 13.1. The predicted molar refractivity (Wildman–Crippen MR) is 91.4 cm³/mol. The molecular weight excluding hydrogens is 318 g/mol. The second-order valence-corrected chi connectivity index (χ2v) is 8.33. The van der Waals surface area contributed by atoms with E-state index in [1.54, 1.807) is 0 Å². The summed E-state index contributed by atoms with van der Waals surface area (Å²) in [4.78, 5) is 17.7. The zero-order chi connectivity index (χ0) is 17.3. The molecule has 6 heteroatoms. The van der Waals surface area contributed by atoms with E-state index in [0.717, 1.165) is 36.9 Å². The van der Waals surface area contributed by atoms with Crippen LogP contribution < -0.4 is 5.32 Å². The molecule has 2 aromatic rings. The highest BCUT2D eigenvalue weighted by molar-refractivity contribution is 6.06. The molecule has 3 heterocycles. The lowest BCUT2D eigenvalue weighted by molar-refractivity contribution is -0.108. The van der Waals surface area contributed by atoms with Crippen molar-refractivity contribution in [1.29, 1.82) is 0 Å². The molecule has 6 nitrogen and oxygen atoms in total. The van der Waals surface area contributed by atoms with Gasteiger partial charge in [0.15, 0.2) is 0 Å². The summed E-state index contributed by atoms with van der Waals surface area (Å²) in [5, 5.41) is 8.03. The monoisotopic (exact) mass is 341 g/mol. The number of fused-ring (bicyclic) bond motifs is 2. The number of nitrogens with one attached hydrogen (secondary N) is 1. The number of hydrogen-bond acceptors (Lipinski definition) is 5. The highest BCUT2D eigenvalue weighted by Crippen LogP contribution is 2.52. The third kappa shape index (κ3) is 2.16. The Morgan fingerprint density at radius 1 is 1.32 bits per heavy atom. The van der Waals surface area contributed by atoms with Gasteiger partial charge in [-0.2, -0.15) is 0 Å². The van der Waals surface area contributed by atoms with Gasteiger partial charge in [0.2, 0.25) is 0 Å². The molecule has 0 aromatic carbocycles. The molecule has 2 aliphatic carbocycles. The molecule has 2 aromatic heterocycles. The number of carbonyl (C=O) groups is 1. The van der Waals surface area contributed by atoms with Gasteiger partial charge in [-0.3, -0.25) is 4.79 Å². The number of rotatable bonds is 3. The fourth-order valence-corrected chi connectivity index (χ4v) is 4.72. The summed E-state index contributed by atoms with van der Waals surface area (Å²) in [6.45, 7) is 7.00. The maximum Gasteiger partial charge on any atom is 0.259 e. The van der Waals surface area contributed by atoms with Crippen LogP contribution >= 0.6 is 0 Å². The first-order valence-electron chi connectivity index (χ1n) is 9.16. The Hall–Kier alpha value is -1.95. The Labute approximate surface area is 146 Å². The summed E-state index contributed by atoms with van der Waals surface area (Å²) >= 11 is 0. The summed E-state index contributed by atoms with van der Waals surface area (Å²) in [6, 6.07) is 2.08. The van der Waals surface area contributed by atoms with Crippen molar-refractivity contribution in [1.82, 2.24) is 15.5 Å². The van der Waals surface area contributed by atoms with Crippen molar-refractivity contribution in [3.8, 4) is 0 Å². The number of pyridine rings is 1. The largest absolute Gasteiger partial charge is 0.377 e. The molecule has 0 unspecified atom stereocenters. The fraction of sp³-hybridized carbons (Fsp3) is 0.632. The SMILES string of the molecule is Cc1noc2nc(C3CC3)cc(C(=O)N[C@@H]3[C@@H]4CCO[C@@H]4C3(C)C)c12. The standard InChI is InChI=1S/C19H23N3O3/c1-9-14-12(8-13(10-4-5-10)20-18(14)25-22-9)17(23)21-15-11-6-7-24-16(11)19(15,2)3/h8,10-11,15-16H,4-7H2,1-3H3,(H,21,23)/t11-,15+,16-/m0/s1. The van der Waals surface area contributed by atoms with Crippen LogP contribution in [0, 0.1) is 18.3 Å². The number of aryl methyl sites for hydroxylation is 1. The second kappa shape index (κ2) is 5.04. The zero-order valence-electron chi connectivity index (χ0n) is 14.8. The van der Waals surface area contributed by atoms with E-state index in [1.165, 1.54) is 0 Å². The molecule has 2 saturated carbocycles. The van der Waals surface area contributed by atoms with Gasteiger partial charge in [-0.05, 0) is 32.3 Å². The molecule has 3 atom stereocenters. The molecule has 25 heavy (non-hydrogen) atoms. The Morgan fingerprint density at radius 3 is 2.88 bits per heavy atom. The van der Waals surface area contributed by atoms with Gasteiger partial charge in [-0.15, -0.1) is 0 Å². The number of aromatic nitrogens is 2. The Bertz CT molecular complexity index is 868. The van der Waals surface area contributed by atoms with E-state index < -0.39 is 0 Å². The van der Waals surface area contributed by atoms with Crippen LogP contribution in [-0.2, 0) is 4.74 Å². The summed E-state index contributed by atoms with van der Waals surface area (Å²) in [6.07, 6.45) is 3.53. The highest BCUT2D eigenvalue weighted by atomic mass is 16.5. The van der Waals surface area contributed by atoms with E-state index in [2.05, 4.69) is 29.3 Å². The molecule has 132 valence electrons. The predicted octanol–water partition coefficient (Wildman–Crippen LogP) is 2.95. The van der Waals surface area contributed by atoms with Crippen LogP contribution in [0.15, 0.2) is 10.6 Å². The Morgan fingerprint density at radius 2 is 2.12 bits per heavy atom. The first-order valence-corrected chi connectivity index (χ1v) is 9.16. The molecule has 1 amide bonds. The van der Waals surface area contributed by atoms with Crippen LogP contribution in [0.25, 0.3) is 11.1 Å². The third-order valence-electron chi connectivity index (χ3n) is 6.26. The zero-order valence-corrected chi connectivity index (χ0v) is 14.8. The maximum absolute atomic E-state index is 13.1. The molecule has 1 aliphatic heterocycles. The topological polar surface area (TPSA) is 77.2 Å². The minimum absolute atomic E-state index is 0.0357. The van der Waals surface area contributed by atoms with Crippen molar-refractivity contribution in [3.05, 3.63) is 23.0 Å². The third-order valence-corrected chi connectivity index (χ3v) is 6.26. The molecule has 1 N–H and O–H groups in total. The minimum Gasteiger partial charge on any atom is -0.377 e. The van der Waals surface area contributed by atoms with Crippen LogP contribution in [0.1, 0.15) is 60.8 Å². The van der Waals surface area contributed by atoms with Crippen LogP contribution in [0.2, 0.25) is 0 Å². The number of hydrogen-bond donors (Lipinski definition) is 1. The van der Waals surface area contributed by atoms with Crippen molar-refractivity contribution in [2.75, 3.05) is 6.61 Å². The van der Waals surface area contributed by atoms with Crippen molar-refractivity contribution in [3.63, 3.8) is 0 Å². The quantitative estimate of drug-likeness (QED) is 0.929. The fourth-order valence-electron chi connectivity index (χ4n) is 4.72. The van der Waals surface area contributed by atoms with E-state index in [0.29, 0.717) is 28.8 Å². The van der Waals surface area contributed by atoms with Gasteiger partial charge < -0.3 is 14.6 Å². The molecule has 5 rings (SSSR count). The van der Waals surface area contributed by atoms with Crippen molar-refractivity contribution in [2.45, 2.75) is 58.1 Å². The molecule has 3 fully saturated rings. The van der Waals surface area contributed by atoms with Crippen molar-refractivity contribution >= 4 is 17.0 Å². The number of nitrogens with zero attached hydrogens (tertiary/aromatic N) is 2. The summed E-state index contributed by atoms with van der Waals surface area (Å²) in [7, 11) is 0. The number of ether oxygens (including phenoxy) is 1. The average Bonchev–Trinajstić information content (AvgIpc) is 3.23. The molecule has 0 spiro atoms. The van der Waals surface area contributed by atoms with Gasteiger partial charge in [-0.1, -0.05) is 19.0 Å². The smallest absolute Gasteiger partial charge is 0.259 e. The first kappa shape index (κ1) is 15.3. The van der Waals surface area contributed by atoms with Gasteiger partial charge in [0, 0.05) is 35.6 Å². The van der Waals surface area contributed by atoms with E-state index in [-0.39, 0.29) is 23.5 Å². The van der Waals surface area contributed by atoms with E-state index >= 15 is 0 Å². The molecule has 0 radical (unpaired) electrons. The van der Waals surface area contributed by atoms with Gasteiger partial charge in [0.25, 0.3) is 11.6 Å². The lowest BCUT2D eigenvalue weighted by atomic mass is 9.57. The Kier molecular flexibility index (Phi) is 3.08. The number of carbonyl (C=O) groups excluding carboxylic acids is 1. The minimum atomic E-state index is -0.0518. The average molecular weight is 341 g/mol. The van der Waals surface area contributed by atoms with Crippen LogP contribution in [-0.4, -0.2) is 34.8 Å². The lowest BCUT2D eigenvalue weighted by Gasteiger charge is -2.54. The molecule has 1 saturated heterocycles. The molecule has 3 aliphatic rings. The van der Waals surface area contributed by atoms with Gasteiger partial charge in [0.05, 0.1) is 22.7 Å². The number of amides is 1. The summed E-state index contributed by atoms with van der Waals surface area (Å²) < 4.78 is 11.2. The summed E-state index contributed by atoms with van der Waals surface area (Å²) in [5.74, 6) is 0.820. The summed E-state index contributed by atoms with van der Waals surface area (Å²) in [5.41, 5.74) is 2.74. The first-order chi connectivity index (χ1) is 12.0. The van der Waals surface area contributed by atoms with Crippen LogP contribution in [0.4, 0.5) is 0 Å². The van der Waals surface area contributed by atoms with Crippen molar-refractivity contribution in [2.24, 2.45) is 11.3 Å². The Balaban J connectivity index is 1.50. The molecular formula is C19H23N3O3. The van der Waals surface area contributed by atoms with Gasteiger partial charge >= 0.3 is 0 Å². The van der Waals surface area contributed by atoms with Crippen LogP contribution in [0.3, 0.4) is 0 Å². The lowest BCUT2D eigenvalue weighted by Crippen LogP contribution is -2.66. The van der Waals surface area contributed by atoms with Crippen molar-refractivity contribution < 1.29 is 14.1 Å². The highest BCUT2D eigenvalue weighted by Gasteiger charge is 2.59. The van der Waals surface area contributed by atoms with E-state index in [1.807, 2.05) is 13.0 Å². The second-order valence-electron chi connectivity index (χ2n) is 8.33. The van der Waals surface area contributed by atoms with Gasteiger partial charge in [0.1, 0.15) is 0 Å².